The lowest BCUT2D eigenvalue weighted by Crippen LogP contribution is -2.39. The molecule has 0 aliphatic carbocycles. The van der Waals surface area contributed by atoms with Crippen molar-refractivity contribution >= 4 is 18.3 Å². The smallest absolute Gasteiger partial charge is 0.253 e. The van der Waals surface area contributed by atoms with Crippen molar-refractivity contribution in [2.24, 2.45) is 11.7 Å². The number of hydrogen-bond donors (Lipinski definition) is 1. The fraction of sp³-hybridized carbons (Fsp3) is 0.533. The third kappa shape index (κ3) is 3.95. The molecular weight excluding hydrogens is 260 g/mol. The van der Waals surface area contributed by atoms with Gasteiger partial charge in [-0.2, -0.15) is 0 Å². The summed E-state index contributed by atoms with van der Waals surface area (Å²) >= 11 is 0. The van der Waals surface area contributed by atoms with Gasteiger partial charge in [-0.05, 0) is 36.5 Å². The van der Waals surface area contributed by atoms with Crippen LogP contribution in [0.25, 0.3) is 0 Å². The van der Waals surface area contributed by atoms with Gasteiger partial charge >= 0.3 is 0 Å². The summed E-state index contributed by atoms with van der Waals surface area (Å²) in [6.07, 6.45) is 3.55. The molecule has 1 heterocycles. The van der Waals surface area contributed by atoms with Gasteiger partial charge in [0, 0.05) is 25.2 Å². The summed E-state index contributed by atoms with van der Waals surface area (Å²) in [7, 11) is 0. The van der Waals surface area contributed by atoms with E-state index in [9.17, 15) is 4.79 Å². The lowest BCUT2D eigenvalue weighted by atomic mass is 9.95. The summed E-state index contributed by atoms with van der Waals surface area (Å²) in [4.78, 5) is 14.4. The second kappa shape index (κ2) is 7.51. The zero-order valence-electron chi connectivity index (χ0n) is 11.5. The topological polar surface area (TPSA) is 46.3 Å². The SMILES string of the molecule is CCC1CCCN(C(=O)c2ccc(CN)cc2)C1.Cl. The molecule has 19 heavy (non-hydrogen) atoms. The highest BCUT2D eigenvalue weighted by Gasteiger charge is 2.23. The molecule has 1 saturated heterocycles. The number of halogens is 1. The van der Waals surface area contributed by atoms with Gasteiger partial charge in [0.1, 0.15) is 0 Å². The van der Waals surface area contributed by atoms with E-state index in [-0.39, 0.29) is 18.3 Å². The van der Waals surface area contributed by atoms with E-state index in [1.54, 1.807) is 0 Å². The van der Waals surface area contributed by atoms with Crippen molar-refractivity contribution in [1.29, 1.82) is 0 Å². The van der Waals surface area contributed by atoms with Crippen LogP contribution in [0.15, 0.2) is 24.3 Å². The highest BCUT2D eigenvalue weighted by atomic mass is 35.5. The molecule has 1 unspecified atom stereocenters. The monoisotopic (exact) mass is 282 g/mol. The van der Waals surface area contributed by atoms with Crippen molar-refractivity contribution in [2.75, 3.05) is 13.1 Å². The average molecular weight is 283 g/mol. The zero-order chi connectivity index (χ0) is 13.0. The van der Waals surface area contributed by atoms with Gasteiger partial charge in [0.25, 0.3) is 5.91 Å². The number of piperidine rings is 1. The van der Waals surface area contributed by atoms with E-state index < -0.39 is 0 Å². The van der Waals surface area contributed by atoms with E-state index >= 15 is 0 Å². The van der Waals surface area contributed by atoms with Crippen molar-refractivity contribution in [2.45, 2.75) is 32.7 Å². The summed E-state index contributed by atoms with van der Waals surface area (Å²) in [5.41, 5.74) is 7.41. The van der Waals surface area contributed by atoms with E-state index in [4.69, 9.17) is 5.73 Å². The molecule has 1 aromatic carbocycles. The fourth-order valence-corrected chi connectivity index (χ4v) is 2.55. The molecule has 3 nitrogen and oxygen atoms in total. The first kappa shape index (κ1) is 16.0. The summed E-state index contributed by atoms with van der Waals surface area (Å²) in [6, 6.07) is 7.66. The minimum atomic E-state index is 0. The van der Waals surface area contributed by atoms with Gasteiger partial charge in [-0.15, -0.1) is 12.4 Å². The maximum Gasteiger partial charge on any atom is 0.253 e. The predicted molar refractivity (Wildman–Crippen MR) is 80.5 cm³/mol. The van der Waals surface area contributed by atoms with Gasteiger partial charge in [0.05, 0.1) is 0 Å². The fourth-order valence-electron chi connectivity index (χ4n) is 2.55. The number of likely N-dealkylation sites (tertiary alicyclic amines) is 1. The maximum absolute atomic E-state index is 12.4. The first-order valence-electron chi connectivity index (χ1n) is 6.83. The minimum Gasteiger partial charge on any atom is -0.338 e. The molecule has 1 aliphatic heterocycles. The van der Waals surface area contributed by atoms with Gasteiger partial charge in [-0.25, -0.2) is 0 Å². The Balaban J connectivity index is 0.00000180. The Labute approximate surface area is 121 Å². The average Bonchev–Trinajstić information content (AvgIpc) is 2.46. The standard InChI is InChI=1S/C15H22N2O.ClH/c1-2-12-4-3-9-17(11-12)15(18)14-7-5-13(10-16)6-8-14;/h5-8,12H,2-4,9-11,16H2,1H3;1H. The summed E-state index contributed by atoms with van der Waals surface area (Å²) in [6.45, 7) is 4.53. The molecule has 0 bridgehead atoms. The molecule has 0 saturated carbocycles. The van der Waals surface area contributed by atoms with Crippen LogP contribution in [0.4, 0.5) is 0 Å². The number of nitrogens with two attached hydrogens (primary N) is 1. The van der Waals surface area contributed by atoms with Crippen molar-refractivity contribution in [3.8, 4) is 0 Å². The number of carbonyl (C=O) groups is 1. The second-order valence-electron chi connectivity index (χ2n) is 5.07. The molecule has 1 fully saturated rings. The van der Waals surface area contributed by atoms with Gasteiger partial charge in [-0.1, -0.05) is 25.5 Å². The van der Waals surface area contributed by atoms with E-state index in [0.29, 0.717) is 12.5 Å². The number of rotatable bonds is 3. The maximum atomic E-state index is 12.4. The van der Waals surface area contributed by atoms with Crippen molar-refractivity contribution in [3.63, 3.8) is 0 Å². The quantitative estimate of drug-likeness (QED) is 0.927. The number of benzene rings is 1. The molecule has 0 radical (unpaired) electrons. The van der Waals surface area contributed by atoms with Crippen LogP contribution in [0.2, 0.25) is 0 Å². The molecule has 106 valence electrons. The Kier molecular flexibility index (Phi) is 6.32. The van der Waals surface area contributed by atoms with Crippen molar-refractivity contribution in [3.05, 3.63) is 35.4 Å². The van der Waals surface area contributed by atoms with Crippen LogP contribution in [0.3, 0.4) is 0 Å². The zero-order valence-corrected chi connectivity index (χ0v) is 12.3. The van der Waals surface area contributed by atoms with Gasteiger partial charge < -0.3 is 10.6 Å². The van der Waals surface area contributed by atoms with Crippen LogP contribution < -0.4 is 5.73 Å². The van der Waals surface area contributed by atoms with E-state index in [2.05, 4.69) is 6.92 Å². The molecule has 4 heteroatoms. The van der Waals surface area contributed by atoms with Gasteiger partial charge in [-0.3, -0.25) is 4.79 Å². The summed E-state index contributed by atoms with van der Waals surface area (Å²) in [5.74, 6) is 0.836. The number of nitrogens with zero attached hydrogens (tertiary/aromatic N) is 1. The van der Waals surface area contributed by atoms with Crippen LogP contribution in [-0.4, -0.2) is 23.9 Å². The molecule has 1 atom stereocenters. The van der Waals surface area contributed by atoms with E-state index in [1.165, 1.54) is 6.42 Å². The molecule has 1 aromatic rings. The Morgan fingerprint density at radius 2 is 2.05 bits per heavy atom. The van der Waals surface area contributed by atoms with Crippen LogP contribution in [0, 0.1) is 5.92 Å². The second-order valence-corrected chi connectivity index (χ2v) is 5.07. The largest absolute Gasteiger partial charge is 0.338 e. The highest BCUT2D eigenvalue weighted by molar-refractivity contribution is 5.94. The molecule has 2 N–H and O–H groups in total. The summed E-state index contributed by atoms with van der Waals surface area (Å²) < 4.78 is 0. The van der Waals surface area contributed by atoms with E-state index in [0.717, 1.165) is 37.1 Å². The van der Waals surface area contributed by atoms with Crippen molar-refractivity contribution in [1.82, 2.24) is 4.90 Å². The molecule has 0 spiro atoms. The Hall–Kier alpha value is -1.06. The molecule has 1 amide bonds. The first-order valence-corrected chi connectivity index (χ1v) is 6.83. The number of amides is 1. The summed E-state index contributed by atoms with van der Waals surface area (Å²) in [5, 5.41) is 0. The Morgan fingerprint density at radius 3 is 2.63 bits per heavy atom. The predicted octanol–water partition coefficient (Wildman–Crippen LogP) is 2.83. The number of carbonyl (C=O) groups excluding carboxylic acids is 1. The molecule has 2 rings (SSSR count). The van der Waals surface area contributed by atoms with Gasteiger partial charge in [0.2, 0.25) is 0 Å². The van der Waals surface area contributed by atoms with Crippen LogP contribution in [0.5, 0.6) is 0 Å². The first-order chi connectivity index (χ1) is 8.74. The number of hydrogen-bond acceptors (Lipinski definition) is 2. The third-order valence-electron chi connectivity index (χ3n) is 3.82. The third-order valence-corrected chi connectivity index (χ3v) is 3.82. The van der Waals surface area contributed by atoms with Gasteiger partial charge in [0.15, 0.2) is 0 Å². The van der Waals surface area contributed by atoms with Crippen LogP contribution >= 0.6 is 12.4 Å². The molecular formula is C15H23ClN2O. The van der Waals surface area contributed by atoms with Crippen LogP contribution in [0.1, 0.15) is 42.1 Å². The lowest BCUT2D eigenvalue weighted by molar-refractivity contribution is 0.0671. The normalized spacial score (nSPS) is 18.8. The Bertz CT molecular complexity index is 405. The van der Waals surface area contributed by atoms with E-state index in [1.807, 2.05) is 29.2 Å². The Morgan fingerprint density at radius 1 is 1.37 bits per heavy atom. The minimum absolute atomic E-state index is 0. The highest BCUT2D eigenvalue weighted by Crippen LogP contribution is 2.20. The van der Waals surface area contributed by atoms with Crippen molar-refractivity contribution < 1.29 is 4.79 Å². The molecule has 0 aromatic heterocycles. The lowest BCUT2D eigenvalue weighted by Gasteiger charge is -2.32. The molecule has 1 aliphatic rings. The van der Waals surface area contributed by atoms with Crippen LogP contribution in [-0.2, 0) is 6.54 Å².